The molecule has 0 saturated carbocycles. The van der Waals surface area contributed by atoms with E-state index in [0.29, 0.717) is 11.5 Å². The molecule has 0 amide bonds. The number of hydrogen-bond donors (Lipinski definition) is 0. The van der Waals surface area contributed by atoms with Crippen molar-refractivity contribution < 1.29 is 30.4 Å². The second-order valence-corrected chi connectivity index (χ2v) is 18.1. The van der Waals surface area contributed by atoms with Gasteiger partial charge in [-0.3, -0.25) is 0 Å². The number of benzene rings is 8. The molecule has 0 N–H and O–H groups in total. The summed E-state index contributed by atoms with van der Waals surface area (Å²) in [4.78, 5) is 5.21. The Labute approximate surface area is 401 Å². The number of hydrogen-bond acceptors (Lipinski definition) is 2. The molecule has 0 aliphatic heterocycles. The van der Waals surface area contributed by atoms with E-state index in [1.54, 1.807) is 0 Å². The Bertz CT molecular complexity index is 4080. The molecule has 0 spiro atoms. The molecule has 5 heterocycles. The molecule has 67 heavy (non-hydrogen) atoms. The van der Waals surface area contributed by atoms with Crippen LogP contribution in [0.25, 0.3) is 99.3 Å². The van der Waals surface area contributed by atoms with E-state index in [2.05, 4.69) is 192 Å². The van der Waals surface area contributed by atoms with Crippen LogP contribution in [-0.4, -0.2) is 23.3 Å². The summed E-state index contributed by atoms with van der Waals surface area (Å²) in [5, 5.41) is 6.82. The van der Waals surface area contributed by atoms with Gasteiger partial charge in [0.05, 0.1) is 45.7 Å². The van der Waals surface area contributed by atoms with Gasteiger partial charge >= 0.3 is 0 Å². The van der Waals surface area contributed by atoms with Crippen molar-refractivity contribution in [2.24, 2.45) is 7.05 Å². The summed E-state index contributed by atoms with van der Waals surface area (Å²) in [6.07, 6.45) is 5.39. The van der Waals surface area contributed by atoms with Crippen LogP contribution in [0.5, 0.6) is 11.5 Å². The van der Waals surface area contributed by atoms with E-state index < -0.39 is 0 Å². The monoisotopic (exact) mass is 1050 g/mol. The Kier molecular flexibility index (Phi) is 9.39. The molecule has 0 fully saturated rings. The van der Waals surface area contributed by atoms with Crippen molar-refractivity contribution in [1.29, 1.82) is 0 Å². The van der Waals surface area contributed by atoms with Gasteiger partial charge in [0.2, 0.25) is 6.33 Å². The van der Waals surface area contributed by atoms with E-state index in [1.165, 1.54) is 16.3 Å². The summed E-state index contributed by atoms with van der Waals surface area (Å²) in [6, 6.07) is 69.4. The molecule has 7 nitrogen and oxygen atoms in total. The Morgan fingerprint density at radius 3 is 1.72 bits per heavy atom. The third-order valence-corrected chi connectivity index (χ3v) is 13.1. The van der Waals surface area contributed by atoms with Crippen molar-refractivity contribution in [3.63, 3.8) is 0 Å². The van der Waals surface area contributed by atoms with E-state index in [9.17, 15) is 0 Å². The van der Waals surface area contributed by atoms with Crippen molar-refractivity contribution in [2.75, 3.05) is 0 Å². The van der Waals surface area contributed by atoms with Crippen LogP contribution < -0.4 is 9.30 Å². The third kappa shape index (κ3) is 6.22. The summed E-state index contributed by atoms with van der Waals surface area (Å²) in [7, 11) is 2.01. The first-order valence-electron chi connectivity index (χ1n) is 22.4. The molecular formula is C59H42N6OPt-2. The van der Waals surface area contributed by atoms with Crippen molar-refractivity contribution in [2.45, 2.75) is 26.2 Å². The summed E-state index contributed by atoms with van der Waals surface area (Å²) in [5.74, 6) is 1.96. The second kappa shape index (κ2) is 15.4. The first kappa shape index (κ1) is 40.8. The van der Waals surface area contributed by atoms with Crippen molar-refractivity contribution in [3.05, 3.63) is 206 Å². The fraction of sp³-hybridized carbons (Fsp3) is 0.0847. The molecule has 326 valence electrons. The maximum absolute atomic E-state index is 6.79. The fourth-order valence-corrected chi connectivity index (χ4v) is 10.2. The van der Waals surface area contributed by atoms with Gasteiger partial charge in [-0.2, -0.15) is 18.2 Å². The van der Waals surface area contributed by atoms with Gasteiger partial charge in [0.25, 0.3) is 0 Å². The van der Waals surface area contributed by atoms with E-state index in [4.69, 9.17) is 9.72 Å². The number of pyridine rings is 1. The van der Waals surface area contributed by atoms with Crippen molar-refractivity contribution in [3.8, 4) is 34.4 Å². The number of rotatable bonds is 6. The van der Waals surface area contributed by atoms with Gasteiger partial charge in [-0.25, -0.2) is 4.98 Å². The van der Waals surface area contributed by atoms with Gasteiger partial charge in [0.1, 0.15) is 5.82 Å². The maximum Gasteiger partial charge on any atom is 0.242 e. The molecule has 0 radical (unpaired) electrons. The van der Waals surface area contributed by atoms with Gasteiger partial charge in [-0.1, -0.05) is 134 Å². The zero-order valence-electron chi connectivity index (χ0n) is 37.2. The quantitative estimate of drug-likeness (QED) is 0.123. The van der Waals surface area contributed by atoms with E-state index in [-0.39, 0.29) is 26.5 Å². The van der Waals surface area contributed by atoms with Crippen molar-refractivity contribution >= 4 is 76.5 Å². The minimum Gasteiger partial charge on any atom is -0.510 e. The average molecular weight is 1050 g/mol. The van der Waals surface area contributed by atoms with Crippen LogP contribution in [0.15, 0.2) is 182 Å². The normalized spacial score (nSPS) is 12.1. The predicted octanol–water partition coefficient (Wildman–Crippen LogP) is 13.6. The molecule has 13 rings (SSSR count). The van der Waals surface area contributed by atoms with Crippen LogP contribution in [0.4, 0.5) is 0 Å². The summed E-state index contributed by atoms with van der Waals surface area (Å²) in [5.41, 5.74) is 12.6. The van der Waals surface area contributed by atoms with Gasteiger partial charge in [-0.05, 0) is 64.9 Å². The van der Waals surface area contributed by atoms with Crippen LogP contribution in [0.1, 0.15) is 26.3 Å². The van der Waals surface area contributed by atoms with Crippen LogP contribution >= 0.6 is 0 Å². The van der Waals surface area contributed by atoms with Crippen LogP contribution in [-0.2, 0) is 33.5 Å². The van der Waals surface area contributed by atoms with E-state index >= 15 is 0 Å². The Balaban J connectivity index is 0.00000468. The third-order valence-electron chi connectivity index (χ3n) is 13.1. The molecule has 13 aromatic rings. The maximum atomic E-state index is 6.79. The zero-order chi connectivity index (χ0) is 44.3. The number of imidazole rings is 1. The van der Waals surface area contributed by atoms with Gasteiger partial charge in [0, 0.05) is 71.7 Å². The minimum atomic E-state index is -0.125. The molecule has 0 aliphatic rings. The van der Waals surface area contributed by atoms with E-state index in [1.807, 2.05) is 58.8 Å². The molecule has 0 aliphatic carbocycles. The molecule has 0 bridgehead atoms. The second-order valence-electron chi connectivity index (χ2n) is 18.1. The van der Waals surface area contributed by atoms with E-state index in [0.717, 1.165) is 88.6 Å². The molecule has 0 atom stereocenters. The Morgan fingerprint density at radius 1 is 0.522 bits per heavy atom. The van der Waals surface area contributed by atoms with Gasteiger partial charge in [0.15, 0.2) is 0 Å². The standard InChI is InChI=1S/C59H42N6O.Pt/c1-59(2,3)38-32-33-60-52(34-38)65-51-36-43(66-42-23-17-22-41(35-42)62-37-61(4)49-28-15-16-29-50(49)62)30-31-46(51)55-57-53(44-24-11-13-26-47(44)64(57)40-20-9-6-10-21-40)56-54(58(55)65)45-25-12-14-27-48(45)63(56)39-18-7-5-8-19-39;/h5-34H,1-4H3;/q-2;. The Hall–Kier alpha value is -7.73. The number of aromatic nitrogens is 6. The number of para-hydroxylation sites is 6. The number of fused-ring (bicyclic) bond motifs is 13. The number of aryl methyl sites for hydroxylation is 1. The molecule has 5 aromatic heterocycles. The predicted molar refractivity (Wildman–Crippen MR) is 267 cm³/mol. The molecule has 8 aromatic carbocycles. The van der Waals surface area contributed by atoms with Crippen LogP contribution in [0.2, 0.25) is 0 Å². The summed E-state index contributed by atoms with van der Waals surface area (Å²) < 4.78 is 18.1. The molecular weight excluding hydrogens is 1000 g/mol. The largest absolute Gasteiger partial charge is 0.510 e. The zero-order valence-corrected chi connectivity index (χ0v) is 39.5. The molecule has 0 unspecified atom stereocenters. The average Bonchev–Trinajstić information content (AvgIpc) is 4.08. The van der Waals surface area contributed by atoms with Gasteiger partial charge in [-0.15, -0.1) is 24.3 Å². The number of ether oxygens (including phenoxy) is 1. The smallest absolute Gasteiger partial charge is 0.242 e. The van der Waals surface area contributed by atoms with Crippen LogP contribution in [0, 0.1) is 18.5 Å². The topological polar surface area (TPSA) is 45.7 Å². The first-order valence-corrected chi connectivity index (χ1v) is 22.4. The summed E-state index contributed by atoms with van der Waals surface area (Å²) >= 11 is 0. The molecule has 0 saturated heterocycles. The number of nitrogens with zero attached hydrogens (tertiary/aromatic N) is 6. The Morgan fingerprint density at radius 2 is 1.07 bits per heavy atom. The van der Waals surface area contributed by atoms with Crippen molar-refractivity contribution in [1.82, 2.24) is 23.3 Å². The SMILES string of the molecule is Cn1[c-][n+](-c2[c-]c(Oc3[c-]c4c(cc3)c3c(c5c6ccccc6n(-c6ccccc6)c5c5c6ccccc6n(-c6ccccc6)c35)n4-c3cc(C(C)(C)C)ccn3)ccc2)c2ccccc21.[Pt]. The molecule has 8 heteroatoms. The van der Waals surface area contributed by atoms with Gasteiger partial charge < -0.3 is 27.6 Å². The first-order chi connectivity index (χ1) is 32.3. The fourth-order valence-electron chi connectivity index (χ4n) is 10.2. The minimum absolute atomic E-state index is 0. The van der Waals surface area contributed by atoms with Crippen LogP contribution in [0.3, 0.4) is 0 Å². The summed E-state index contributed by atoms with van der Waals surface area (Å²) in [6.45, 7) is 6.76.